The molecule has 0 heterocycles. The Hall–Kier alpha value is -2.30. The van der Waals surface area contributed by atoms with Crippen LogP contribution < -0.4 is 10.1 Å². The van der Waals surface area contributed by atoms with Crippen LogP contribution in [0.1, 0.15) is 62.2 Å². The number of hydrogen-bond acceptors (Lipinski definition) is 3. The smallest absolute Gasteiger partial charge is 0.303 e. The highest BCUT2D eigenvalue weighted by atomic mass is 16.5. The molecule has 0 aliphatic heterocycles. The number of carboxylic acid groups (broad SMARTS) is 1. The van der Waals surface area contributed by atoms with E-state index in [-0.39, 0.29) is 12.3 Å². The SMILES string of the molecule is CCCCCCOc1ccc(C(=O)N/C=C\CCCC(=O)O)cc1. The molecular formula is C19H27NO4. The Morgan fingerprint density at radius 1 is 1.12 bits per heavy atom. The fourth-order valence-corrected chi connectivity index (χ4v) is 2.09. The maximum absolute atomic E-state index is 11.9. The maximum Gasteiger partial charge on any atom is 0.303 e. The fraction of sp³-hybridized carbons (Fsp3) is 0.474. The summed E-state index contributed by atoms with van der Waals surface area (Å²) in [4.78, 5) is 22.3. The third-order valence-electron chi connectivity index (χ3n) is 3.48. The van der Waals surface area contributed by atoms with Crippen molar-refractivity contribution in [3.05, 3.63) is 42.1 Å². The van der Waals surface area contributed by atoms with Gasteiger partial charge in [0.2, 0.25) is 0 Å². The lowest BCUT2D eigenvalue weighted by atomic mass is 10.2. The Bertz CT molecular complexity index is 523. The van der Waals surface area contributed by atoms with Crippen LogP contribution in [-0.2, 0) is 4.79 Å². The number of hydrogen-bond donors (Lipinski definition) is 2. The van der Waals surface area contributed by atoms with Crippen LogP contribution in [-0.4, -0.2) is 23.6 Å². The molecule has 2 N–H and O–H groups in total. The molecule has 0 saturated heterocycles. The highest BCUT2D eigenvalue weighted by Gasteiger charge is 2.03. The Labute approximate surface area is 143 Å². The zero-order valence-corrected chi connectivity index (χ0v) is 14.3. The Morgan fingerprint density at radius 2 is 1.88 bits per heavy atom. The molecule has 0 aromatic heterocycles. The number of nitrogens with one attached hydrogen (secondary N) is 1. The van der Waals surface area contributed by atoms with E-state index in [1.165, 1.54) is 19.3 Å². The summed E-state index contributed by atoms with van der Waals surface area (Å²) in [6, 6.07) is 7.06. The lowest BCUT2D eigenvalue weighted by molar-refractivity contribution is -0.137. The summed E-state index contributed by atoms with van der Waals surface area (Å²) in [7, 11) is 0. The summed E-state index contributed by atoms with van der Waals surface area (Å²) in [6.45, 7) is 2.88. The number of unbranched alkanes of at least 4 members (excludes halogenated alkanes) is 4. The predicted molar refractivity (Wildman–Crippen MR) is 94.2 cm³/mol. The first-order chi connectivity index (χ1) is 11.6. The number of carbonyl (C=O) groups excluding carboxylic acids is 1. The molecule has 5 heteroatoms. The molecule has 0 unspecified atom stereocenters. The Balaban J connectivity index is 2.27. The van der Waals surface area contributed by atoms with Crippen molar-refractivity contribution < 1.29 is 19.4 Å². The maximum atomic E-state index is 11.9. The highest BCUT2D eigenvalue weighted by molar-refractivity contribution is 5.94. The van der Waals surface area contributed by atoms with E-state index in [4.69, 9.17) is 9.84 Å². The minimum atomic E-state index is -0.805. The molecule has 0 aliphatic rings. The molecule has 1 aromatic carbocycles. The molecular weight excluding hydrogens is 306 g/mol. The zero-order valence-electron chi connectivity index (χ0n) is 14.3. The Kier molecular flexibility index (Phi) is 10.0. The van der Waals surface area contributed by atoms with E-state index in [0.29, 0.717) is 25.0 Å². The molecule has 0 fully saturated rings. The van der Waals surface area contributed by atoms with Crippen molar-refractivity contribution >= 4 is 11.9 Å². The number of benzene rings is 1. The van der Waals surface area contributed by atoms with Crippen LogP contribution in [0.2, 0.25) is 0 Å². The van der Waals surface area contributed by atoms with Gasteiger partial charge in [-0.1, -0.05) is 32.3 Å². The average Bonchev–Trinajstić information content (AvgIpc) is 2.58. The summed E-state index contributed by atoms with van der Waals surface area (Å²) in [6.07, 6.45) is 9.29. The molecule has 0 aliphatic carbocycles. The normalized spacial score (nSPS) is 10.7. The topological polar surface area (TPSA) is 75.6 Å². The number of rotatable bonds is 12. The third kappa shape index (κ3) is 8.98. The monoisotopic (exact) mass is 333 g/mol. The largest absolute Gasteiger partial charge is 0.494 e. The first-order valence-electron chi connectivity index (χ1n) is 8.54. The summed E-state index contributed by atoms with van der Waals surface area (Å²) in [5.41, 5.74) is 0.559. The molecule has 0 saturated carbocycles. The van der Waals surface area contributed by atoms with Gasteiger partial charge in [0.15, 0.2) is 0 Å². The third-order valence-corrected chi connectivity index (χ3v) is 3.48. The summed E-state index contributed by atoms with van der Waals surface area (Å²) < 4.78 is 5.64. The van der Waals surface area contributed by atoms with Crippen molar-refractivity contribution in [2.24, 2.45) is 0 Å². The van der Waals surface area contributed by atoms with E-state index < -0.39 is 5.97 Å². The molecule has 0 radical (unpaired) electrons. The zero-order chi connectivity index (χ0) is 17.6. The number of aliphatic carboxylic acids is 1. The second-order valence-corrected chi connectivity index (χ2v) is 5.60. The second kappa shape index (κ2) is 12.2. The summed E-state index contributed by atoms with van der Waals surface area (Å²) >= 11 is 0. The van der Waals surface area contributed by atoms with E-state index in [9.17, 15) is 9.59 Å². The van der Waals surface area contributed by atoms with Crippen LogP contribution in [0.5, 0.6) is 5.75 Å². The molecule has 0 bridgehead atoms. The Morgan fingerprint density at radius 3 is 2.54 bits per heavy atom. The van der Waals surface area contributed by atoms with Crippen molar-refractivity contribution in [1.29, 1.82) is 0 Å². The van der Waals surface area contributed by atoms with Crippen molar-refractivity contribution in [2.75, 3.05) is 6.61 Å². The van der Waals surface area contributed by atoms with Crippen LogP contribution in [0, 0.1) is 0 Å². The molecule has 132 valence electrons. The van der Waals surface area contributed by atoms with Crippen molar-refractivity contribution in [2.45, 2.75) is 51.9 Å². The van der Waals surface area contributed by atoms with Crippen LogP contribution in [0.4, 0.5) is 0 Å². The van der Waals surface area contributed by atoms with Crippen molar-refractivity contribution in [3.8, 4) is 5.75 Å². The van der Waals surface area contributed by atoms with Crippen molar-refractivity contribution in [3.63, 3.8) is 0 Å². The van der Waals surface area contributed by atoms with Gasteiger partial charge < -0.3 is 15.2 Å². The standard InChI is InChI=1S/C19H27NO4/c1-2-3-4-8-15-24-17-12-10-16(11-13-17)19(23)20-14-7-5-6-9-18(21)22/h7,10-14H,2-6,8-9,15H2,1H3,(H,20,23)(H,21,22)/b14-7-. The van der Waals surface area contributed by atoms with Gasteiger partial charge in [-0.25, -0.2) is 0 Å². The fourth-order valence-electron chi connectivity index (χ4n) is 2.09. The summed E-state index contributed by atoms with van der Waals surface area (Å²) in [5, 5.41) is 11.2. The van der Waals surface area contributed by atoms with Crippen LogP contribution >= 0.6 is 0 Å². The second-order valence-electron chi connectivity index (χ2n) is 5.60. The van der Waals surface area contributed by atoms with E-state index in [0.717, 1.165) is 12.2 Å². The quantitative estimate of drug-likeness (QED) is 0.564. The first kappa shape index (κ1) is 19.7. The number of carbonyl (C=O) groups is 2. The molecule has 1 aromatic rings. The van der Waals surface area contributed by atoms with Gasteiger partial charge in [0.1, 0.15) is 5.75 Å². The van der Waals surface area contributed by atoms with Gasteiger partial charge in [-0.3, -0.25) is 9.59 Å². The lowest BCUT2D eigenvalue weighted by Gasteiger charge is -2.06. The highest BCUT2D eigenvalue weighted by Crippen LogP contribution is 2.13. The molecule has 5 nitrogen and oxygen atoms in total. The van der Waals surface area contributed by atoms with Gasteiger partial charge in [0.05, 0.1) is 6.61 Å². The molecule has 0 atom stereocenters. The average molecular weight is 333 g/mol. The van der Waals surface area contributed by atoms with E-state index in [2.05, 4.69) is 12.2 Å². The van der Waals surface area contributed by atoms with Gasteiger partial charge in [-0.2, -0.15) is 0 Å². The molecule has 0 spiro atoms. The van der Waals surface area contributed by atoms with E-state index in [1.54, 1.807) is 36.5 Å². The minimum absolute atomic E-state index is 0.137. The lowest BCUT2D eigenvalue weighted by Crippen LogP contribution is -2.16. The minimum Gasteiger partial charge on any atom is -0.494 e. The van der Waals surface area contributed by atoms with E-state index >= 15 is 0 Å². The number of ether oxygens (including phenoxy) is 1. The molecule has 1 amide bonds. The van der Waals surface area contributed by atoms with E-state index in [1.807, 2.05) is 0 Å². The predicted octanol–water partition coefficient (Wildman–Crippen LogP) is 4.14. The molecule has 1 rings (SSSR count). The summed E-state index contributed by atoms with van der Waals surface area (Å²) in [5.74, 6) is -0.230. The van der Waals surface area contributed by atoms with Crippen LogP contribution in [0.3, 0.4) is 0 Å². The van der Waals surface area contributed by atoms with Crippen LogP contribution in [0.15, 0.2) is 36.5 Å². The van der Waals surface area contributed by atoms with Crippen molar-refractivity contribution in [1.82, 2.24) is 5.32 Å². The van der Waals surface area contributed by atoms with Gasteiger partial charge in [-0.05, 0) is 43.5 Å². The van der Waals surface area contributed by atoms with Crippen LogP contribution in [0.25, 0.3) is 0 Å². The number of allylic oxidation sites excluding steroid dienone is 1. The number of amides is 1. The molecule has 24 heavy (non-hydrogen) atoms. The van der Waals surface area contributed by atoms with Gasteiger partial charge in [-0.15, -0.1) is 0 Å². The van der Waals surface area contributed by atoms with Gasteiger partial charge in [0, 0.05) is 18.2 Å². The van der Waals surface area contributed by atoms with Gasteiger partial charge >= 0.3 is 5.97 Å². The van der Waals surface area contributed by atoms with Gasteiger partial charge in [0.25, 0.3) is 5.91 Å². The number of carboxylic acids is 1. The first-order valence-corrected chi connectivity index (χ1v) is 8.54.